The molecule has 13 heteroatoms. The maximum absolute atomic E-state index is 14.3. The molecule has 1 unspecified atom stereocenters. The molecule has 0 bridgehead atoms. The highest BCUT2D eigenvalue weighted by Crippen LogP contribution is 2.52. The number of likely N-dealkylation sites (tertiary alicyclic amines) is 1. The monoisotopic (exact) mass is 590 g/mol. The summed E-state index contributed by atoms with van der Waals surface area (Å²) in [5.41, 5.74) is -2.92. The van der Waals surface area contributed by atoms with Crippen LogP contribution in [0.5, 0.6) is 0 Å². The van der Waals surface area contributed by atoms with Crippen molar-refractivity contribution >= 4 is 5.65 Å². The lowest BCUT2D eigenvalue weighted by atomic mass is 9.58. The van der Waals surface area contributed by atoms with E-state index in [1.54, 1.807) is 24.5 Å². The second-order valence-electron chi connectivity index (χ2n) is 11.5. The first-order chi connectivity index (χ1) is 19.8. The van der Waals surface area contributed by atoms with Crippen molar-refractivity contribution < 1.29 is 26.3 Å². The number of alkyl halides is 6. The minimum Gasteiger partial charge on any atom is -0.320 e. The number of benzene rings is 1. The van der Waals surface area contributed by atoms with Gasteiger partial charge in [0, 0.05) is 19.4 Å². The molecule has 222 valence electrons. The summed E-state index contributed by atoms with van der Waals surface area (Å²) in [5, 5.41) is 8.34. The first kappa shape index (κ1) is 28.4. The van der Waals surface area contributed by atoms with E-state index < -0.39 is 46.1 Å². The number of aryl methyl sites for hydroxylation is 1. The molecule has 2 fully saturated rings. The van der Waals surface area contributed by atoms with Gasteiger partial charge < -0.3 is 4.57 Å². The fourth-order valence-corrected chi connectivity index (χ4v) is 6.75. The summed E-state index contributed by atoms with van der Waals surface area (Å²) in [6, 6.07) is 5.25. The van der Waals surface area contributed by atoms with Gasteiger partial charge in [0.05, 0.1) is 16.5 Å². The standard InChI is InChI=1S/C29H28F6N6O/c1-17-12-27(13-17,26-38-37-16-39(26)2)20-7-5-6-18(10-20)21-14-36-24-22(28(30,31)32)11-19(15-41(24)25(21)42)23(29(33,34)35)40-8-3-4-9-40/h5-7,10-11,14-17,23H,3-4,8-9,12-13H2,1-2H3. The predicted octanol–water partition coefficient (Wildman–Crippen LogP) is 5.92. The van der Waals surface area contributed by atoms with Crippen molar-refractivity contribution in [1.29, 1.82) is 0 Å². The number of nitrogens with zero attached hydrogens (tertiary/aromatic N) is 6. The number of pyridine rings is 1. The summed E-state index contributed by atoms with van der Waals surface area (Å²) in [6.07, 6.45) is -3.78. The molecule has 2 aliphatic rings. The summed E-state index contributed by atoms with van der Waals surface area (Å²) in [4.78, 5) is 18.8. The van der Waals surface area contributed by atoms with Crippen LogP contribution in [0.25, 0.3) is 16.8 Å². The second kappa shape index (κ2) is 9.92. The third-order valence-electron chi connectivity index (χ3n) is 8.52. The Labute approximate surface area is 236 Å². The molecule has 0 spiro atoms. The van der Waals surface area contributed by atoms with Crippen molar-refractivity contribution in [3.05, 3.63) is 81.9 Å². The quantitative estimate of drug-likeness (QED) is 0.270. The zero-order chi connectivity index (χ0) is 30.0. The van der Waals surface area contributed by atoms with Crippen LogP contribution in [0, 0.1) is 5.92 Å². The molecule has 6 rings (SSSR count). The van der Waals surface area contributed by atoms with Crippen LogP contribution in [0.4, 0.5) is 26.3 Å². The van der Waals surface area contributed by atoms with Crippen LogP contribution < -0.4 is 5.56 Å². The van der Waals surface area contributed by atoms with Crippen LogP contribution in [-0.2, 0) is 18.6 Å². The normalized spacial score (nSPS) is 22.4. The van der Waals surface area contributed by atoms with E-state index in [-0.39, 0.29) is 18.7 Å². The van der Waals surface area contributed by atoms with Gasteiger partial charge in [0.1, 0.15) is 18.2 Å². The third-order valence-corrected chi connectivity index (χ3v) is 8.52. The topological polar surface area (TPSA) is 68.3 Å². The van der Waals surface area contributed by atoms with Crippen LogP contribution in [0.2, 0.25) is 0 Å². The first-order valence-electron chi connectivity index (χ1n) is 13.7. The van der Waals surface area contributed by atoms with Crippen LogP contribution >= 0.6 is 0 Å². The van der Waals surface area contributed by atoms with Crippen molar-refractivity contribution in [2.45, 2.75) is 56.4 Å². The molecule has 0 amide bonds. The summed E-state index contributed by atoms with van der Waals surface area (Å²) in [5.74, 6) is 1.17. The third kappa shape index (κ3) is 4.67. The molecule has 7 nitrogen and oxygen atoms in total. The molecular formula is C29H28F6N6O. The molecule has 4 heterocycles. The highest BCUT2D eigenvalue weighted by Gasteiger charge is 2.49. The Bertz CT molecular complexity index is 1700. The Morgan fingerprint density at radius 2 is 1.76 bits per heavy atom. The van der Waals surface area contributed by atoms with Crippen LogP contribution in [0.3, 0.4) is 0 Å². The van der Waals surface area contributed by atoms with Gasteiger partial charge in [-0.05, 0) is 73.5 Å². The van der Waals surface area contributed by atoms with E-state index in [4.69, 9.17) is 0 Å². The fraction of sp³-hybridized carbons (Fsp3) is 0.448. The number of rotatable bonds is 5. The van der Waals surface area contributed by atoms with Gasteiger partial charge in [0.2, 0.25) is 0 Å². The molecular weight excluding hydrogens is 562 g/mol. The van der Waals surface area contributed by atoms with Crippen LogP contribution in [-0.4, -0.2) is 48.3 Å². The Morgan fingerprint density at radius 3 is 2.36 bits per heavy atom. The molecule has 1 aromatic carbocycles. The number of hydrogen-bond acceptors (Lipinski definition) is 5. The molecule has 0 N–H and O–H groups in total. The summed E-state index contributed by atoms with van der Waals surface area (Å²) < 4.78 is 87.7. The van der Waals surface area contributed by atoms with Gasteiger partial charge in [-0.3, -0.25) is 14.1 Å². The van der Waals surface area contributed by atoms with Gasteiger partial charge in [0.15, 0.2) is 5.65 Å². The number of aromatic nitrogens is 5. The smallest absolute Gasteiger partial charge is 0.320 e. The number of hydrogen-bond donors (Lipinski definition) is 0. The van der Waals surface area contributed by atoms with Crippen LogP contribution in [0.15, 0.2) is 53.8 Å². The zero-order valence-corrected chi connectivity index (χ0v) is 22.9. The van der Waals surface area contributed by atoms with E-state index in [0.29, 0.717) is 34.8 Å². The number of halogens is 6. The lowest BCUT2D eigenvalue weighted by Crippen LogP contribution is -2.43. The van der Waals surface area contributed by atoms with E-state index in [1.807, 2.05) is 17.7 Å². The van der Waals surface area contributed by atoms with Gasteiger partial charge in [0.25, 0.3) is 5.56 Å². The largest absolute Gasteiger partial charge is 0.419 e. The second-order valence-corrected chi connectivity index (χ2v) is 11.5. The molecule has 1 aliphatic carbocycles. The summed E-state index contributed by atoms with van der Waals surface area (Å²) >= 11 is 0. The zero-order valence-electron chi connectivity index (χ0n) is 22.9. The van der Waals surface area contributed by atoms with Crippen molar-refractivity contribution in [3.63, 3.8) is 0 Å². The maximum atomic E-state index is 14.3. The van der Waals surface area contributed by atoms with Gasteiger partial charge in [-0.15, -0.1) is 10.2 Å². The molecule has 4 aromatic rings. The lowest BCUT2D eigenvalue weighted by molar-refractivity contribution is -0.184. The van der Waals surface area contributed by atoms with Gasteiger partial charge >= 0.3 is 12.4 Å². The SMILES string of the molecule is CC1CC(c2cccc(-c3cnc4c(C(F)(F)F)cc(C(N5CCCC5)C(F)(F)F)cn4c3=O)c2)(c2nncn2C)C1. The fourth-order valence-electron chi connectivity index (χ4n) is 6.75. The minimum atomic E-state index is -5.04. The lowest BCUT2D eigenvalue weighted by Gasteiger charge is -2.46. The first-order valence-corrected chi connectivity index (χ1v) is 13.7. The highest BCUT2D eigenvalue weighted by atomic mass is 19.4. The molecule has 1 atom stereocenters. The van der Waals surface area contributed by atoms with E-state index in [1.165, 1.54) is 0 Å². The maximum Gasteiger partial charge on any atom is 0.419 e. The molecule has 1 aliphatic heterocycles. The van der Waals surface area contributed by atoms with Crippen LogP contribution in [0.1, 0.15) is 61.2 Å². The average Bonchev–Trinajstić information content (AvgIpc) is 3.58. The molecule has 3 aromatic heterocycles. The van der Waals surface area contributed by atoms with Crippen molar-refractivity contribution in [2.24, 2.45) is 13.0 Å². The van der Waals surface area contributed by atoms with E-state index in [9.17, 15) is 31.1 Å². The minimum absolute atomic E-state index is 0.0233. The average molecular weight is 591 g/mol. The van der Waals surface area contributed by atoms with E-state index in [2.05, 4.69) is 22.1 Å². The molecule has 1 saturated heterocycles. The van der Waals surface area contributed by atoms with Crippen molar-refractivity contribution in [3.8, 4) is 11.1 Å². The van der Waals surface area contributed by atoms with E-state index in [0.717, 1.165) is 41.5 Å². The van der Waals surface area contributed by atoms with E-state index >= 15 is 0 Å². The Balaban J connectivity index is 1.52. The Hall–Kier alpha value is -3.74. The Kier molecular flexibility index (Phi) is 6.71. The summed E-state index contributed by atoms with van der Waals surface area (Å²) in [6.45, 7) is 2.30. The number of fused-ring (bicyclic) bond motifs is 1. The molecule has 42 heavy (non-hydrogen) atoms. The summed E-state index contributed by atoms with van der Waals surface area (Å²) in [7, 11) is 1.84. The predicted molar refractivity (Wildman–Crippen MR) is 142 cm³/mol. The highest BCUT2D eigenvalue weighted by molar-refractivity contribution is 5.66. The molecule has 0 radical (unpaired) electrons. The van der Waals surface area contributed by atoms with Crippen molar-refractivity contribution in [1.82, 2.24) is 29.0 Å². The van der Waals surface area contributed by atoms with Gasteiger partial charge in [-0.1, -0.05) is 25.1 Å². The Morgan fingerprint density at radius 1 is 1.05 bits per heavy atom. The van der Waals surface area contributed by atoms with Crippen molar-refractivity contribution in [2.75, 3.05) is 13.1 Å². The van der Waals surface area contributed by atoms with Gasteiger partial charge in [-0.25, -0.2) is 4.98 Å². The van der Waals surface area contributed by atoms with Gasteiger partial charge in [-0.2, -0.15) is 26.3 Å². The molecule has 1 saturated carbocycles.